The SMILES string of the molecule is COC(=O)c1c(NC(=O)[C@H](C)Sc2ccc(C)cc2)sc2c1CCCC2. The summed E-state index contributed by atoms with van der Waals surface area (Å²) in [4.78, 5) is 27.2. The molecule has 1 aliphatic carbocycles. The first-order chi connectivity index (χ1) is 12.5. The van der Waals surface area contributed by atoms with Crippen LogP contribution in [0.2, 0.25) is 0 Å². The molecule has 26 heavy (non-hydrogen) atoms. The minimum atomic E-state index is -0.362. The maximum atomic E-state index is 12.7. The van der Waals surface area contributed by atoms with Crippen LogP contribution in [0.15, 0.2) is 29.2 Å². The van der Waals surface area contributed by atoms with Gasteiger partial charge in [0.15, 0.2) is 0 Å². The molecule has 1 N–H and O–H groups in total. The van der Waals surface area contributed by atoms with Gasteiger partial charge in [-0.2, -0.15) is 0 Å². The number of anilines is 1. The molecule has 1 amide bonds. The topological polar surface area (TPSA) is 55.4 Å². The summed E-state index contributed by atoms with van der Waals surface area (Å²) in [6.45, 7) is 3.92. The van der Waals surface area contributed by atoms with Crippen LogP contribution in [0.3, 0.4) is 0 Å². The first-order valence-electron chi connectivity index (χ1n) is 8.76. The van der Waals surface area contributed by atoms with E-state index in [1.54, 1.807) is 0 Å². The maximum absolute atomic E-state index is 12.7. The lowest BCUT2D eigenvalue weighted by Gasteiger charge is -2.13. The Morgan fingerprint density at radius 1 is 1.19 bits per heavy atom. The molecular formula is C20H23NO3S2. The third-order valence-electron chi connectivity index (χ3n) is 4.50. The van der Waals surface area contributed by atoms with Crippen molar-refractivity contribution < 1.29 is 14.3 Å². The van der Waals surface area contributed by atoms with E-state index in [1.165, 1.54) is 40.6 Å². The Balaban J connectivity index is 1.77. The normalized spacial score (nSPS) is 14.4. The lowest BCUT2D eigenvalue weighted by atomic mass is 9.95. The third-order valence-corrected chi connectivity index (χ3v) is 6.82. The Bertz CT molecular complexity index is 811. The number of hydrogen-bond donors (Lipinski definition) is 1. The monoisotopic (exact) mass is 389 g/mol. The molecule has 2 aromatic rings. The Hall–Kier alpha value is -1.79. The number of methoxy groups -OCH3 is 1. The van der Waals surface area contributed by atoms with E-state index in [9.17, 15) is 9.59 Å². The second-order valence-electron chi connectivity index (χ2n) is 6.47. The molecule has 3 rings (SSSR count). The van der Waals surface area contributed by atoms with Crippen molar-refractivity contribution in [2.75, 3.05) is 12.4 Å². The second-order valence-corrected chi connectivity index (χ2v) is 8.99. The molecule has 1 atom stereocenters. The van der Waals surface area contributed by atoms with Crippen molar-refractivity contribution in [1.29, 1.82) is 0 Å². The summed E-state index contributed by atoms with van der Waals surface area (Å²) < 4.78 is 4.96. The number of carbonyl (C=O) groups is 2. The van der Waals surface area contributed by atoms with Gasteiger partial charge in [-0.3, -0.25) is 4.79 Å². The molecular weight excluding hydrogens is 366 g/mol. The number of fused-ring (bicyclic) bond motifs is 1. The van der Waals surface area contributed by atoms with E-state index >= 15 is 0 Å². The highest BCUT2D eigenvalue weighted by molar-refractivity contribution is 8.00. The summed E-state index contributed by atoms with van der Waals surface area (Å²) in [6, 6.07) is 8.12. The minimum absolute atomic E-state index is 0.0978. The highest BCUT2D eigenvalue weighted by atomic mass is 32.2. The van der Waals surface area contributed by atoms with Gasteiger partial charge in [-0.25, -0.2) is 4.79 Å². The van der Waals surface area contributed by atoms with Crippen LogP contribution in [0.1, 0.15) is 46.1 Å². The number of carbonyl (C=O) groups excluding carboxylic acids is 2. The Labute approximate surface area is 162 Å². The number of esters is 1. The summed E-state index contributed by atoms with van der Waals surface area (Å²) >= 11 is 3.03. The van der Waals surface area contributed by atoms with Crippen molar-refractivity contribution in [3.05, 3.63) is 45.8 Å². The van der Waals surface area contributed by atoms with E-state index in [1.807, 2.05) is 38.1 Å². The van der Waals surface area contributed by atoms with E-state index in [0.29, 0.717) is 10.6 Å². The Morgan fingerprint density at radius 3 is 2.58 bits per heavy atom. The van der Waals surface area contributed by atoms with E-state index < -0.39 is 0 Å². The Morgan fingerprint density at radius 2 is 1.88 bits per heavy atom. The number of amides is 1. The van der Waals surface area contributed by atoms with Gasteiger partial charge in [0, 0.05) is 9.77 Å². The van der Waals surface area contributed by atoms with Crippen molar-refractivity contribution in [2.45, 2.75) is 49.7 Å². The third kappa shape index (κ3) is 4.13. The van der Waals surface area contributed by atoms with Gasteiger partial charge in [-0.1, -0.05) is 17.7 Å². The number of thiophene rings is 1. The van der Waals surface area contributed by atoms with Crippen LogP contribution in [-0.4, -0.2) is 24.2 Å². The highest BCUT2D eigenvalue weighted by Gasteiger charge is 2.27. The summed E-state index contributed by atoms with van der Waals surface area (Å²) in [5.41, 5.74) is 2.80. The lowest BCUT2D eigenvalue weighted by Crippen LogP contribution is -2.23. The average molecular weight is 390 g/mol. The van der Waals surface area contributed by atoms with Crippen molar-refractivity contribution >= 4 is 40.0 Å². The zero-order chi connectivity index (χ0) is 18.7. The van der Waals surface area contributed by atoms with Crippen LogP contribution in [0.5, 0.6) is 0 Å². The summed E-state index contributed by atoms with van der Waals surface area (Å²) in [6.07, 6.45) is 4.04. The van der Waals surface area contributed by atoms with Crippen LogP contribution in [0, 0.1) is 6.92 Å². The fourth-order valence-electron chi connectivity index (χ4n) is 3.06. The van der Waals surface area contributed by atoms with E-state index in [0.717, 1.165) is 36.1 Å². The quantitative estimate of drug-likeness (QED) is 0.587. The van der Waals surface area contributed by atoms with Crippen molar-refractivity contribution in [3.8, 4) is 0 Å². The molecule has 1 aromatic heterocycles. The van der Waals surface area contributed by atoms with Crippen LogP contribution < -0.4 is 5.32 Å². The zero-order valence-electron chi connectivity index (χ0n) is 15.3. The molecule has 0 saturated carbocycles. The second kappa shape index (κ2) is 8.27. The van der Waals surface area contributed by atoms with Gasteiger partial charge >= 0.3 is 5.97 Å². The molecule has 0 radical (unpaired) electrons. The molecule has 0 saturated heterocycles. The summed E-state index contributed by atoms with van der Waals surface area (Å²) in [5.74, 6) is -0.460. The molecule has 4 nitrogen and oxygen atoms in total. The van der Waals surface area contributed by atoms with Gasteiger partial charge in [0.25, 0.3) is 0 Å². The van der Waals surface area contributed by atoms with Crippen LogP contribution >= 0.6 is 23.1 Å². The summed E-state index contributed by atoms with van der Waals surface area (Å²) in [5, 5.41) is 3.34. The number of benzene rings is 1. The molecule has 6 heteroatoms. The largest absolute Gasteiger partial charge is 0.465 e. The van der Waals surface area contributed by atoms with Gasteiger partial charge in [0.1, 0.15) is 5.00 Å². The molecule has 138 valence electrons. The average Bonchev–Trinajstić information content (AvgIpc) is 3.00. The fraction of sp³-hybridized carbons (Fsp3) is 0.400. The van der Waals surface area contributed by atoms with Crippen molar-refractivity contribution in [1.82, 2.24) is 0 Å². The first-order valence-corrected chi connectivity index (χ1v) is 10.5. The maximum Gasteiger partial charge on any atom is 0.341 e. The summed E-state index contributed by atoms with van der Waals surface area (Å²) in [7, 11) is 1.39. The number of aryl methyl sites for hydroxylation is 2. The molecule has 1 aromatic carbocycles. The van der Waals surface area contributed by atoms with Gasteiger partial charge in [-0.05, 0) is 57.2 Å². The van der Waals surface area contributed by atoms with Gasteiger partial charge in [0.2, 0.25) is 5.91 Å². The first kappa shape index (κ1) is 19.0. The molecule has 0 spiro atoms. The van der Waals surface area contributed by atoms with Crippen LogP contribution in [-0.2, 0) is 22.4 Å². The van der Waals surface area contributed by atoms with E-state index in [4.69, 9.17) is 4.74 Å². The lowest BCUT2D eigenvalue weighted by molar-refractivity contribution is -0.115. The van der Waals surface area contributed by atoms with Gasteiger partial charge < -0.3 is 10.1 Å². The number of ether oxygens (including phenoxy) is 1. The molecule has 1 aliphatic rings. The van der Waals surface area contributed by atoms with Crippen LogP contribution in [0.4, 0.5) is 5.00 Å². The fourth-order valence-corrected chi connectivity index (χ4v) is 5.21. The molecule has 0 aliphatic heterocycles. The van der Waals surface area contributed by atoms with Crippen molar-refractivity contribution in [2.24, 2.45) is 0 Å². The molecule has 0 unspecified atom stereocenters. The number of hydrogen-bond acceptors (Lipinski definition) is 5. The predicted octanol–water partition coefficient (Wildman–Crippen LogP) is 4.84. The van der Waals surface area contributed by atoms with E-state index in [2.05, 4.69) is 5.32 Å². The predicted molar refractivity (Wildman–Crippen MR) is 107 cm³/mol. The number of nitrogens with one attached hydrogen (secondary N) is 1. The zero-order valence-corrected chi connectivity index (χ0v) is 16.9. The number of thioether (sulfide) groups is 1. The van der Waals surface area contributed by atoms with Gasteiger partial charge in [0.05, 0.1) is 17.9 Å². The van der Waals surface area contributed by atoms with Crippen molar-refractivity contribution in [3.63, 3.8) is 0 Å². The molecule has 0 bridgehead atoms. The molecule has 1 heterocycles. The standard InChI is InChI=1S/C20H23NO3S2/c1-12-8-10-14(11-9-12)25-13(2)18(22)21-19-17(20(23)24-3)15-6-4-5-7-16(15)26-19/h8-11,13H,4-7H2,1-3H3,(H,21,22)/t13-/m0/s1. The number of rotatable bonds is 5. The van der Waals surface area contributed by atoms with E-state index in [-0.39, 0.29) is 17.1 Å². The smallest absolute Gasteiger partial charge is 0.341 e. The minimum Gasteiger partial charge on any atom is -0.465 e. The Kier molecular flexibility index (Phi) is 6.04. The van der Waals surface area contributed by atoms with Gasteiger partial charge in [-0.15, -0.1) is 23.1 Å². The highest BCUT2D eigenvalue weighted by Crippen LogP contribution is 2.39. The molecule has 0 fully saturated rings. The van der Waals surface area contributed by atoms with Crippen LogP contribution in [0.25, 0.3) is 0 Å².